The minimum absolute atomic E-state index is 0.438. The lowest BCUT2D eigenvalue weighted by atomic mass is 10.2. The molecular weight excluding hydrogens is 352 g/mol. The first-order valence-corrected chi connectivity index (χ1v) is 9.12. The van der Waals surface area contributed by atoms with Gasteiger partial charge in [0.2, 0.25) is 0 Å². The van der Waals surface area contributed by atoms with Crippen molar-refractivity contribution in [3.8, 4) is 17.2 Å². The Balaban J connectivity index is 1.49. The second kappa shape index (κ2) is 9.97. The Hall–Kier alpha value is -3.53. The van der Waals surface area contributed by atoms with Gasteiger partial charge in [0, 0.05) is 6.08 Å². The molecule has 0 aliphatic heterocycles. The minimum Gasteiger partial charge on any atom is -0.494 e. The molecule has 3 aromatic rings. The highest BCUT2D eigenvalue weighted by Gasteiger charge is 2.02. The molecule has 4 heteroatoms. The zero-order valence-corrected chi connectivity index (χ0v) is 15.7. The average molecular weight is 374 g/mol. The van der Waals surface area contributed by atoms with Gasteiger partial charge in [-0.05, 0) is 60.5 Å². The smallest absolute Gasteiger partial charge is 0.336 e. The molecule has 0 spiro atoms. The van der Waals surface area contributed by atoms with E-state index in [1.54, 1.807) is 30.3 Å². The standard InChI is InChI=1S/C24H22O4/c1-2-26-21-11-8-19(9-12-21)10-17-24(25)28-23-15-13-22(14-16-23)27-18-20-6-4-3-5-7-20/h3-17H,2,18H2,1H3/b17-10+. The number of hydrogen-bond donors (Lipinski definition) is 0. The molecule has 0 amide bonds. The van der Waals surface area contributed by atoms with Gasteiger partial charge in [0.05, 0.1) is 6.61 Å². The predicted molar refractivity (Wildman–Crippen MR) is 109 cm³/mol. The summed E-state index contributed by atoms with van der Waals surface area (Å²) in [6, 6.07) is 24.4. The van der Waals surface area contributed by atoms with Crippen LogP contribution in [0.1, 0.15) is 18.1 Å². The van der Waals surface area contributed by atoms with Crippen LogP contribution >= 0.6 is 0 Å². The van der Waals surface area contributed by atoms with Gasteiger partial charge in [0.15, 0.2) is 0 Å². The molecule has 0 atom stereocenters. The third kappa shape index (κ3) is 6.02. The van der Waals surface area contributed by atoms with Crippen molar-refractivity contribution < 1.29 is 19.0 Å². The summed E-state index contributed by atoms with van der Waals surface area (Å²) >= 11 is 0. The fraction of sp³-hybridized carbons (Fsp3) is 0.125. The van der Waals surface area contributed by atoms with Gasteiger partial charge in [-0.15, -0.1) is 0 Å². The fourth-order valence-electron chi connectivity index (χ4n) is 2.50. The van der Waals surface area contributed by atoms with Crippen LogP contribution in [0, 0.1) is 0 Å². The zero-order chi connectivity index (χ0) is 19.6. The second-order valence-electron chi connectivity index (χ2n) is 6.00. The lowest BCUT2D eigenvalue weighted by Crippen LogP contribution is -2.03. The highest BCUT2D eigenvalue weighted by Crippen LogP contribution is 2.19. The van der Waals surface area contributed by atoms with E-state index in [1.165, 1.54) is 6.08 Å². The molecule has 3 rings (SSSR count). The number of hydrogen-bond acceptors (Lipinski definition) is 4. The molecule has 0 saturated heterocycles. The van der Waals surface area contributed by atoms with Gasteiger partial charge in [0.1, 0.15) is 23.9 Å². The van der Waals surface area contributed by atoms with Crippen molar-refractivity contribution in [3.05, 3.63) is 96.1 Å². The van der Waals surface area contributed by atoms with E-state index in [4.69, 9.17) is 14.2 Å². The predicted octanol–water partition coefficient (Wildman–Crippen LogP) is 5.28. The third-order valence-electron chi connectivity index (χ3n) is 3.89. The quantitative estimate of drug-likeness (QED) is 0.306. The molecule has 0 unspecified atom stereocenters. The van der Waals surface area contributed by atoms with Crippen molar-refractivity contribution in [1.29, 1.82) is 0 Å². The van der Waals surface area contributed by atoms with Gasteiger partial charge in [-0.2, -0.15) is 0 Å². The van der Waals surface area contributed by atoms with Crippen LogP contribution in [0.5, 0.6) is 17.2 Å². The number of carbonyl (C=O) groups excluding carboxylic acids is 1. The molecule has 0 radical (unpaired) electrons. The summed E-state index contributed by atoms with van der Waals surface area (Å²) in [5, 5.41) is 0. The van der Waals surface area contributed by atoms with Gasteiger partial charge < -0.3 is 14.2 Å². The van der Waals surface area contributed by atoms with Crippen molar-refractivity contribution >= 4 is 12.0 Å². The molecule has 0 N–H and O–H groups in total. The molecule has 0 fully saturated rings. The van der Waals surface area contributed by atoms with Crippen LogP contribution in [0.3, 0.4) is 0 Å². The Kier molecular flexibility index (Phi) is 6.85. The Morgan fingerprint density at radius 1 is 0.786 bits per heavy atom. The second-order valence-corrected chi connectivity index (χ2v) is 6.00. The molecular formula is C24H22O4. The SMILES string of the molecule is CCOc1ccc(/C=C/C(=O)Oc2ccc(OCc3ccccc3)cc2)cc1. The maximum Gasteiger partial charge on any atom is 0.336 e. The van der Waals surface area contributed by atoms with Crippen LogP contribution in [0.4, 0.5) is 0 Å². The zero-order valence-electron chi connectivity index (χ0n) is 15.7. The lowest BCUT2D eigenvalue weighted by molar-refractivity contribution is -0.128. The van der Waals surface area contributed by atoms with E-state index in [0.29, 0.717) is 24.7 Å². The summed E-state index contributed by atoms with van der Waals surface area (Å²) in [5.41, 5.74) is 1.99. The summed E-state index contributed by atoms with van der Waals surface area (Å²) in [5.74, 6) is 1.55. The maximum absolute atomic E-state index is 12.0. The molecule has 28 heavy (non-hydrogen) atoms. The van der Waals surface area contributed by atoms with Crippen molar-refractivity contribution in [2.75, 3.05) is 6.61 Å². The Bertz CT molecular complexity index is 898. The lowest BCUT2D eigenvalue weighted by Gasteiger charge is -2.07. The molecule has 0 aliphatic carbocycles. The largest absolute Gasteiger partial charge is 0.494 e. The van der Waals surface area contributed by atoms with Crippen LogP contribution in [0.25, 0.3) is 6.08 Å². The molecule has 142 valence electrons. The van der Waals surface area contributed by atoms with E-state index in [2.05, 4.69) is 0 Å². The third-order valence-corrected chi connectivity index (χ3v) is 3.89. The Morgan fingerprint density at radius 3 is 2.07 bits per heavy atom. The Morgan fingerprint density at radius 2 is 1.39 bits per heavy atom. The fourth-order valence-corrected chi connectivity index (χ4v) is 2.50. The van der Waals surface area contributed by atoms with Gasteiger partial charge in [-0.1, -0.05) is 42.5 Å². The summed E-state index contributed by atoms with van der Waals surface area (Å²) in [6.45, 7) is 3.05. The van der Waals surface area contributed by atoms with Gasteiger partial charge in [0.25, 0.3) is 0 Å². The molecule has 4 nitrogen and oxygen atoms in total. The van der Waals surface area contributed by atoms with E-state index in [-0.39, 0.29) is 0 Å². The summed E-state index contributed by atoms with van der Waals surface area (Å²) in [4.78, 5) is 12.0. The number of carbonyl (C=O) groups is 1. The summed E-state index contributed by atoms with van der Waals surface area (Å²) < 4.78 is 16.4. The minimum atomic E-state index is -0.438. The monoisotopic (exact) mass is 374 g/mol. The van der Waals surface area contributed by atoms with Crippen LogP contribution < -0.4 is 14.2 Å². The van der Waals surface area contributed by atoms with Crippen molar-refractivity contribution in [1.82, 2.24) is 0 Å². The number of rotatable bonds is 8. The van der Waals surface area contributed by atoms with Crippen molar-refractivity contribution in [2.45, 2.75) is 13.5 Å². The molecule has 0 heterocycles. The van der Waals surface area contributed by atoms with E-state index in [1.807, 2.05) is 61.5 Å². The van der Waals surface area contributed by atoms with E-state index < -0.39 is 5.97 Å². The molecule has 0 aromatic heterocycles. The molecule has 0 bridgehead atoms. The van der Waals surface area contributed by atoms with E-state index in [9.17, 15) is 4.79 Å². The van der Waals surface area contributed by atoms with E-state index >= 15 is 0 Å². The highest BCUT2D eigenvalue weighted by atomic mass is 16.5. The van der Waals surface area contributed by atoms with Gasteiger partial charge in [-0.3, -0.25) is 0 Å². The van der Waals surface area contributed by atoms with Crippen molar-refractivity contribution in [2.24, 2.45) is 0 Å². The summed E-state index contributed by atoms with van der Waals surface area (Å²) in [6.07, 6.45) is 3.10. The first-order valence-electron chi connectivity index (χ1n) is 9.12. The van der Waals surface area contributed by atoms with Crippen LogP contribution in [0.15, 0.2) is 84.9 Å². The maximum atomic E-state index is 12.0. The van der Waals surface area contributed by atoms with Crippen LogP contribution in [-0.2, 0) is 11.4 Å². The van der Waals surface area contributed by atoms with Gasteiger partial charge >= 0.3 is 5.97 Å². The number of benzene rings is 3. The van der Waals surface area contributed by atoms with Crippen LogP contribution in [0.2, 0.25) is 0 Å². The average Bonchev–Trinajstić information content (AvgIpc) is 2.74. The Labute approximate surface area is 165 Å². The molecule has 0 saturated carbocycles. The topological polar surface area (TPSA) is 44.8 Å². The highest BCUT2D eigenvalue weighted by molar-refractivity contribution is 5.88. The normalized spacial score (nSPS) is 10.6. The number of ether oxygens (including phenoxy) is 3. The van der Waals surface area contributed by atoms with Crippen LogP contribution in [-0.4, -0.2) is 12.6 Å². The van der Waals surface area contributed by atoms with Crippen molar-refractivity contribution in [3.63, 3.8) is 0 Å². The number of esters is 1. The molecule has 0 aliphatic rings. The first kappa shape index (κ1) is 19.2. The first-order chi connectivity index (χ1) is 13.7. The molecule has 3 aromatic carbocycles. The summed E-state index contributed by atoms with van der Waals surface area (Å²) in [7, 11) is 0. The van der Waals surface area contributed by atoms with E-state index in [0.717, 1.165) is 16.9 Å². The van der Waals surface area contributed by atoms with Gasteiger partial charge in [-0.25, -0.2) is 4.79 Å².